The van der Waals surface area contributed by atoms with Crippen molar-refractivity contribution >= 4 is 5.69 Å². The lowest BCUT2D eigenvalue weighted by Gasteiger charge is -2.16. The number of anilines is 1. The molecule has 1 N–H and O–H groups in total. The van der Waals surface area contributed by atoms with E-state index in [2.05, 4.69) is 5.32 Å². The van der Waals surface area contributed by atoms with Gasteiger partial charge in [0.05, 0.1) is 13.2 Å². The Morgan fingerprint density at radius 1 is 1.31 bits per heavy atom. The summed E-state index contributed by atoms with van der Waals surface area (Å²) in [6.07, 6.45) is -4.59. The van der Waals surface area contributed by atoms with Crippen LogP contribution in [-0.4, -0.2) is 19.3 Å². The Labute approximate surface area is 90.4 Å². The van der Waals surface area contributed by atoms with Gasteiger partial charge in [-0.05, 0) is 24.3 Å². The van der Waals surface area contributed by atoms with Crippen molar-refractivity contribution in [1.82, 2.24) is 0 Å². The zero-order valence-corrected chi connectivity index (χ0v) is 8.38. The number of rotatable bonds is 3. The number of halogens is 3. The highest BCUT2D eigenvalue weighted by Gasteiger charge is 2.40. The molecule has 0 radical (unpaired) electrons. The number of methoxy groups -OCH3 is 1. The highest BCUT2D eigenvalue weighted by molar-refractivity contribution is 5.48. The third-order valence-corrected chi connectivity index (χ3v) is 1.86. The second-order valence-corrected chi connectivity index (χ2v) is 2.98. The van der Waals surface area contributed by atoms with Crippen LogP contribution in [0.1, 0.15) is 0 Å². The van der Waals surface area contributed by atoms with Gasteiger partial charge in [-0.15, -0.1) is 0 Å². The molecule has 0 saturated heterocycles. The van der Waals surface area contributed by atoms with Crippen molar-refractivity contribution in [1.29, 1.82) is 5.26 Å². The molecule has 0 bridgehead atoms. The van der Waals surface area contributed by atoms with Crippen molar-refractivity contribution in [2.24, 2.45) is 0 Å². The maximum Gasteiger partial charge on any atom is 0.422 e. The summed E-state index contributed by atoms with van der Waals surface area (Å²) < 4.78 is 41.6. The van der Waals surface area contributed by atoms with Crippen molar-refractivity contribution in [2.45, 2.75) is 12.2 Å². The lowest BCUT2D eigenvalue weighted by Crippen LogP contribution is -2.34. The molecule has 0 aliphatic carbocycles. The van der Waals surface area contributed by atoms with Gasteiger partial charge in [0, 0.05) is 5.69 Å². The van der Waals surface area contributed by atoms with Crippen LogP contribution in [0.5, 0.6) is 5.75 Å². The average Bonchev–Trinajstić information content (AvgIpc) is 2.25. The molecule has 1 rings (SSSR count). The van der Waals surface area contributed by atoms with E-state index < -0.39 is 12.2 Å². The van der Waals surface area contributed by atoms with Gasteiger partial charge in [-0.25, -0.2) is 0 Å². The number of nitrogens with one attached hydrogen (secondary N) is 1. The summed E-state index contributed by atoms with van der Waals surface area (Å²) in [6.45, 7) is 0. The average molecular weight is 230 g/mol. The van der Waals surface area contributed by atoms with E-state index in [1.54, 1.807) is 0 Å². The molecule has 1 unspecified atom stereocenters. The second-order valence-electron chi connectivity index (χ2n) is 2.98. The molecule has 1 aromatic rings. The zero-order valence-electron chi connectivity index (χ0n) is 8.38. The molecule has 0 aromatic heterocycles. The highest BCUT2D eigenvalue weighted by Crippen LogP contribution is 2.24. The third kappa shape index (κ3) is 3.05. The van der Waals surface area contributed by atoms with Crippen LogP contribution in [0.15, 0.2) is 24.3 Å². The van der Waals surface area contributed by atoms with E-state index >= 15 is 0 Å². The molecule has 86 valence electrons. The Hall–Kier alpha value is -1.90. The summed E-state index contributed by atoms with van der Waals surface area (Å²) >= 11 is 0. The molecule has 0 fully saturated rings. The number of benzene rings is 1. The van der Waals surface area contributed by atoms with E-state index in [1.807, 2.05) is 0 Å². The van der Waals surface area contributed by atoms with Gasteiger partial charge < -0.3 is 10.1 Å². The molecular weight excluding hydrogens is 221 g/mol. The number of nitriles is 1. The SMILES string of the molecule is COc1ccc(NC(C#N)C(F)(F)F)cc1. The number of hydrogen-bond acceptors (Lipinski definition) is 3. The van der Waals surface area contributed by atoms with Gasteiger partial charge in [-0.2, -0.15) is 18.4 Å². The van der Waals surface area contributed by atoms with E-state index in [0.717, 1.165) is 6.07 Å². The Morgan fingerprint density at radius 3 is 2.25 bits per heavy atom. The molecule has 0 spiro atoms. The first-order valence-corrected chi connectivity index (χ1v) is 4.34. The smallest absolute Gasteiger partial charge is 0.422 e. The van der Waals surface area contributed by atoms with E-state index in [-0.39, 0.29) is 5.69 Å². The molecule has 0 heterocycles. The summed E-state index contributed by atoms with van der Waals surface area (Å²) in [4.78, 5) is 0. The molecule has 0 aliphatic rings. The summed E-state index contributed by atoms with van der Waals surface area (Å²) in [5.41, 5.74) is 0.213. The molecule has 1 aromatic carbocycles. The van der Waals surface area contributed by atoms with Gasteiger partial charge in [0.1, 0.15) is 5.75 Å². The quantitative estimate of drug-likeness (QED) is 0.867. The Kier molecular flexibility index (Phi) is 3.61. The van der Waals surface area contributed by atoms with Crippen molar-refractivity contribution < 1.29 is 17.9 Å². The predicted octanol–water partition coefficient (Wildman–Crippen LogP) is 2.56. The molecule has 0 saturated carbocycles. The minimum atomic E-state index is -4.59. The fraction of sp³-hybridized carbons (Fsp3) is 0.300. The van der Waals surface area contributed by atoms with Gasteiger partial charge >= 0.3 is 6.18 Å². The zero-order chi connectivity index (χ0) is 12.2. The normalized spacial score (nSPS) is 12.7. The summed E-state index contributed by atoms with van der Waals surface area (Å²) in [5.74, 6) is 0.533. The predicted molar refractivity (Wildman–Crippen MR) is 52.1 cm³/mol. The lowest BCUT2D eigenvalue weighted by molar-refractivity contribution is -0.130. The van der Waals surface area contributed by atoms with E-state index in [9.17, 15) is 13.2 Å². The second kappa shape index (κ2) is 4.75. The molecule has 3 nitrogen and oxygen atoms in total. The van der Waals surface area contributed by atoms with Gasteiger partial charge in [0.2, 0.25) is 6.04 Å². The molecule has 6 heteroatoms. The monoisotopic (exact) mass is 230 g/mol. The van der Waals surface area contributed by atoms with Crippen LogP contribution in [0, 0.1) is 11.3 Å². The van der Waals surface area contributed by atoms with Crippen molar-refractivity contribution in [3.05, 3.63) is 24.3 Å². The number of nitrogens with zero attached hydrogens (tertiary/aromatic N) is 1. The molecule has 0 aliphatic heterocycles. The summed E-state index contributed by atoms with van der Waals surface area (Å²) in [5, 5.41) is 10.4. The first-order chi connectivity index (χ1) is 7.47. The standard InChI is InChI=1S/C10H9F3N2O/c1-16-8-4-2-7(3-5-8)15-9(6-14)10(11,12)13/h2-5,9,15H,1H3. The fourth-order valence-electron chi connectivity index (χ4n) is 1.04. The highest BCUT2D eigenvalue weighted by atomic mass is 19.4. The van der Waals surface area contributed by atoms with E-state index in [1.165, 1.54) is 31.4 Å². The minimum Gasteiger partial charge on any atom is -0.497 e. The molecular formula is C10H9F3N2O. The van der Waals surface area contributed by atoms with Crippen LogP contribution in [0.25, 0.3) is 0 Å². The van der Waals surface area contributed by atoms with Crippen LogP contribution in [-0.2, 0) is 0 Å². The van der Waals surface area contributed by atoms with Crippen LogP contribution in [0.4, 0.5) is 18.9 Å². The van der Waals surface area contributed by atoms with Gasteiger partial charge in [-0.3, -0.25) is 0 Å². The maximum absolute atomic E-state index is 12.2. The first kappa shape index (κ1) is 12.2. The summed E-state index contributed by atoms with van der Waals surface area (Å²) in [6, 6.07) is 4.78. The third-order valence-electron chi connectivity index (χ3n) is 1.86. The number of hydrogen-bond donors (Lipinski definition) is 1. The molecule has 1 atom stereocenters. The van der Waals surface area contributed by atoms with Crippen LogP contribution in [0.2, 0.25) is 0 Å². The van der Waals surface area contributed by atoms with E-state index in [0.29, 0.717) is 5.75 Å². The Morgan fingerprint density at radius 2 is 1.88 bits per heavy atom. The Balaban J connectivity index is 2.76. The largest absolute Gasteiger partial charge is 0.497 e. The van der Waals surface area contributed by atoms with Gasteiger partial charge in [-0.1, -0.05) is 0 Å². The number of ether oxygens (including phenoxy) is 1. The minimum absolute atomic E-state index is 0.213. The van der Waals surface area contributed by atoms with Crippen molar-refractivity contribution in [3.8, 4) is 11.8 Å². The summed E-state index contributed by atoms with van der Waals surface area (Å²) in [7, 11) is 1.45. The van der Waals surface area contributed by atoms with Crippen molar-refractivity contribution in [3.63, 3.8) is 0 Å². The number of alkyl halides is 3. The van der Waals surface area contributed by atoms with Gasteiger partial charge in [0.15, 0.2) is 0 Å². The maximum atomic E-state index is 12.2. The van der Waals surface area contributed by atoms with Crippen LogP contribution >= 0.6 is 0 Å². The lowest BCUT2D eigenvalue weighted by atomic mass is 10.2. The van der Waals surface area contributed by atoms with Gasteiger partial charge in [0.25, 0.3) is 0 Å². The first-order valence-electron chi connectivity index (χ1n) is 4.34. The molecule has 0 amide bonds. The van der Waals surface area contributed by atoms with Crippen molar-refractivity contribution in [2.75, 3.05) is 12.4 Å². The van der Waals surface area contributed by atoms with E-state index in [4.69, 9.17) is 10.00 Å². The topological polar surface area (TPSA) is 45.0 Å². The Bertz CT molecular complexity index is 381. The fourth-order valence-corrected chi connectivity index (χ4v) is 1.04. The molecule has 16 heavy (non-hydrogen) atoms. The van der Waals surface area contributed by atoms with Crippen LogP contribution in [0.3, 0.4) is 0 Å². The van der Waals surface area contributed by atoms with Crippen LogP contribution < -0.4 is 10.1 Å².